The van der Waals surface area contributed by atoms with Crippen molar-refractivity contribution in [2.75, 3.05) is 0 Å². The van der Waals surface area contributed by atoms with Crippen molar-refractivity contribution < 1.29 is 8.81 Å². The molecule has 3 rings (SSSR count). The zero-order valence-corrected chi connectivity index (χ0v) is 11.8. The lowest BCUT2D eigenvalue weighted by Crippen LogP contribution is -2.11. The standard InChI is InChI=1S/C15H10Cl2FNO/c16-11-2-1-3-13-10(11)7-14(20-13)15(19)9-5-4-8(18)6-12(9)17/h1-7,15H,19H2. The van der Waals surface area contributed by atoms with Crippen LogP contribution in [0.15, 0.2) is 46.9 Å². The van der Waals surface area contributed by atoms with E-state index in [1.54, 1.807) is 24.3 Å². The van der Waals surface area contributed by atoms with E-state index in [-0.39, 0.29) is 5.02 Å². The molecule has 2 nitrogen and oxygen atoms in total. The molecule has 2 aromatic carbocycles. The van der Waals surface area contributed by atoms with Crippen molar-refractivity contribution >= 4 is 34.2 Å². The minimum atomic E-state index is -0.577. The van der Waals surface area contributed by atoms with Crippen LogP contribution in [0.3, 0.4) is 0 Å². The van der Waals surface area contributed by atoms with Crippen LogP contribution in [0.5, 0.6) is 0 Å². The van der Waals surface area contributed by atoms with Crippen LogP contribution in [0.2, 0.25) is 10.0 Å². The molecule has 0 aliphatic carbocycles. The Kier molecular flexibility index (Phi) is 3.42. The number of halogens is 3. The van der Waals surface area contributed by atoms with Crippen LogP contribution in [0.1, 0.15) is 17.4 Å². The second kappa shape index (κ2) is 5.09. The number of hydrogen-bond acceptors (Lipinski definition) is 2. The van der Waals surface area contributed by atoms with Gasteiger partial charge in [-0.15, -0.1) is 0 Å². The average Bonchev–Trinajstić information content (AvgIpc) is 2.83. The zero-order chi connectivity index (χ0) is 14.3. The summed E-state index contributed by atoms with van der Waals surface area (Å²) in [7, 11) is 0. The highest BCUT2D eigenvalue weighted by atomic mass is 35.5. The molecule has 1 aromatic heterocycles. The summed E-state index contributed by atoms with van der Waals surface area (Å²) >= 11 is 12.1. The van der Waals surface area contributed by atoms with Crippen molar-refractivity contribution in [3.05, 3.63) is 69.7 Å². The normalized spacial score (nSPS) is 12.8. The maximum absolute atomic E-state index is 13.1. The average molecular weight is 310 g/mol. The lowest BCUT2D eigenvalue weighted by Gasteiger charge is -2.10. The van der Waals surface area contributed by atoms with Gasteiger partial charge in [0.2, 0.25) is 0 Å². The third-order valence-electron chi connectivity index (χ3n) is 3.13. The Balaban J connectivity index is 2.08. The fourth-order valence-electron chi connectivity index (χ4n) is 2.11. The Morgan fingerprint density at radius 3 is 2.55 bits per heavy atom. The van der Waals surface area contributed by atoms with Gasteiger partial charge in [0.05, 0.1) is 11.1 Å². The molecule has 0 aliphatic heterocycles. The number of fused-ring (bicyclic) bond motifs is 1. The van der Waals surface area contributed by atoms with Crippen LogP contribution >= 0.6 is 23.2 Å². The summed E-state index contributed by atoms with van der Waals surface area (Å²) in [6, 6.07) is 10.7. The summed E-state index contributed by atoms with van der Waals surface area (Å²) in [4.78, 5) is 0. The molecule has 1 unspecified atom stereocenters. The fraction of sp³-hybridized carbons (Fsp3) is 0.0667. The van der Waals surface area contributed by atoms with E-state index in [2.05, 4.69) is 0 Å². The summed E-state index contributed by atoms with van der Waals surface area (Å²) in [5.41, 5.74) is 7.39. The summed E-state index contributed by atoms with van der Waals surface area (Å²) in [5, 5.41) is 1.65. The smallest absolute Gasteiger partial charge is 0.135 e. The number of nitrogens with two attached hydrogens (primary N) is 1. The van der Waals surface area contributed by atoms with E-state index in [4.69, 9.17) is 33.4 Å². The second-order valence-electron chi connectivity index (χ2n) is 4.44. The maximum atomic E-state index is 13.1. The third-order valence-corrected chi connectivity index (χ3v) is 3.79. The van der Waals surface area contributed by atoms with Crippen LogP contribution in [0, 0.1) is 5.82 Å². The van der Waals surface area contributed by atoms with Gasteiger partial charge in [0.15, 0.2) is 0 Å². The highest BCUT2D eigenvalue weighted by Gasteiger charge is 2.18. The largest absolute Gasteiger partial charge is 0.459 e. The third kappa shape index (κ3) is 2.29. The minimum Gasteiger partial charge on any atom is -0.459 e. The molecule has 1 atom stereocenters. The molecule has 0 saturated carbocycles. The molecule has 1 heterocycles. The van der Waals surface area contributed by atoms with E-state index in [1.165, 1.54) is 12.1 Å². The molecule has 0 fully saturated rings. The van der Waals surface area contributed by atoms with Crippen LogP contribution in [0.25, 0.3) is 11.0 Å². The van der Waals surface area contributed by atoms with Crippen LogP contribution in [0.4, 0.5) is 4.39 Å². The van der Waals surface area contributed by atoms with Gasteiger partial charge in [-0.2, -0.15) is 0 Å². The van der Waals surface area contributed by atoms with Gasteiger partial charge in [0.1, 0.15) is 17.2 Å². The Hall–Kier alpha value is -1.55. The Bertz CT molecular complexity index is 785. The van der Waals surface area contributed by atoms with Crippen molar-refractivity contribution in [3.8, 4) is 0 Å². The molecule has 0 spiro atoms. The highest BCUT2D eigenvalue weighted by Crippen LogP contribution is 2.33. The summed E-state index contributed by atoms with van der Waals surface area (Å²) < 4.78 is 18.8. The lowest BCUT2D eigenvalue weighted by molar-refractivity contribution is 0.524. The van der Waals surface area contributed by atoms with Crippen LogP contribution < -0.4 is 5.73 Å². The SMILES string of the molecule is NC(c1cc2c(Cl)cccc2o1)c1ccc(F)cc1Cl. The molecule has 5 heteroatoms. The molecule has 20 heavy (non-hydrogen) atoms. The van der Waals surface area contributed by atoms with Crippen LogP contribution in [-0.2, 0) is 0 Å². The quantitative estimate of drug-likeness (QED) is 0.729. The van der Waals surface area contributed by atoms with E-state index in [0.29, 0.717) is 21.9 Å². The number of furan rings is 1. The first-order valence-corrected chi connectivity index (χ1v) is 6.70. The van der Waals surface area contributed by atoms with Crippen molar-refractivity contribution in [2.24, 2.45) is 5.73 Å². The summed E-state index contributed by atoms with van der Waals surface area (Å²) in [6.07, 6.45) is 0. The Labute approximate surface area is 124 Å². The lowest BCUT2D eigenvalue weighted by atomic mass is 10.1. The fourth-order valence-corrected chi connectivity index (χ4v) is 2.61. The van der Waals surface area contributed by atoms with Gasteiger partial charge in [-0.1, -0.05) is 35.3 Å². The van der Waals surface area contributed by atoms with Gasteiger partial charge >= 0.3 is 0 Å². The van der Waals surface area contributed by atoms with E-state index in [0.717, 1.165) is 5.39 Å². The predicted molar refractivity (Wildman–Crippen MR) is 78.7 cm³/mol. The van der Waals surface area contributed by atoms with E-state index >= 15 is 0 Å². The predicted octanol–water partition coefficient (Wildman–Crippen LogP) is 4.93. The Morgan fingerprint density at radius 1 is 1.05 bits per heavy atom. The zero-order valence-electron chi connectivity index (χ0n) is 10.2. The van der Waals surface area contributed by atoms with Gasteiger partial charge in [0.25, 0.3) is 0 Å². The Morgan fingerprint density at radius 2 is 1.85 bits per heavy atom. The van der Waals surface area contributed by atoms with Crippen molar-refractivity contribution in [3.63, 3.8) is 0 Å². The van der Waals surface area contributed by atoms with Crippen molar-refractivity contribution in [1.82, 2.24) is 0 Å². The molecule has 2 N–H and O–H groups in total. The van der Waals surface area contributed by atoms with Gasteiger partial charge in [-0.05, 0) is 35.9 Å². The summed E-state index contributed by atoms with van der Waals surface area (Å²) in [6.45, 7) is 0. The molecule has 3 aromatic rings. The molecule has 0 bridgehead atoms. The highest BCUT2D eigenvalue weighted by molar-refractivity contribution is 6.35. The monoisotopic (exact) mass is 309 g/mol. The molecule has 0 amide bonds. The first-order chi connectivity index (χ1) is 9.56. The number of hydrogen-bond donors (Lipinski definition) is 1. The van der Waals surface area contributed by atoms with Gasteiger partial charge < -0.3 is 10.2 Å². The molecular weight excluding hydrogens is 300 g/mol. The van der Waals surface area contributed by atoms with Gasteiger partial charge in [-0.25, -0.2) is 4.39 Å². The maximum Gasteiger partial charge on any atom is 0.135 e. The van der Waals surface area contributed by atoms with E-state index < -0.39 is 11.9 Å². The van der Waals surface area contributed by atoms with Crippen molar-refractivity contribution in [1.29, 1.82) is 0 Å². The molecule has 0 radical (unpaired) electrons. The number of benzene rings is 2. The first-order valence-electron chi connectivity index (χ1n) is 5.95. The van der Waals surface area contributed by atoms with E-state index in [9.17, 15) is 4.39 Å². The molecular formula is C15H10Cl2FNO. The second-order valence-corrected chi connectivity index (χ2v) is 5.26. The van der Waals surface area contributed by atoms with E-state index in [1.807, 2.05) is 6.07 Å². The van der Waals surface area contributed by atoms with Crippen LogP contribution in [-0.4, -0.2) is 0 Å². The molecule has 102 valence electrons. The topological polar surface area (TPSA) is 39.2 Å². The van der Waals surface area contributed by atoms with Gasteiger partial charge in [0, 0.05) is 10.4 Å². The minimum absolute atomic E-state index is 0.268. The van der Waals surface area contributed by atoms with Crippen molar-refractivity contribution in [2.45, 2.75) is 6.04 Å². The molecule has 0 aliphatic rings. The summed E-state index contributed by atoms with van der Waals surface area (Å²) in [5.74, 6) is 0.125. The van der Waals surface area contributed by atoms with Gasteiger partial charge in [-0.3, -0.25) is 0 Å². The number of rotatable bonds is 2. The first kappa shape index (κ1) is 13.4. The molecule has 0 saturated heterocycles.